The normalized spacial score (nSPS) is 17.5. The van der Waals surface area contributed by atoms with Crippen LogP contribution in [0, 0.1) is 12.8 Å². The van der Waals surface area contributed by atoms with Crippen molar-refractivity contribution in [3.05, 3.63) is 40.2 Å². The number of thiazole rings is 1. The van der Waals surface area contributed by atoms with Gasteiger partial charge in [-0.1, -0.05) is 12.1 Å². The number of likely N-dealkylation sites (tertiary alicyclic amines) is 1. The molecule has 2 heterocycles. The molecule has 1 amide bonds. The van der Waals surface area contributed by atoms with Gasteiger partial charge in [-0.2, -0.15) is 0 Å². The van der Waals surface area contributed by atoms with Crippen LogP contribution in [0.2, 0.25) is 0 Å². The van der Waals surface area contributed by atoms with Gasteiger partial charge in [0.15, 0.2) is 0 Å². The van der Waals surface area contributed by atoms with Gasteiger partial charge in [-0.3, -0.25) is 9.59 Å². The molecule has 6 heteroatoms. The Kier molecular flexibility index (Phi) is 5.48. The fourth-order valence-corrected chi connectivity index (χ4v) is 3.92. The van der Waals surface area contributed by atoms with E-state index in [1.165, 1.54) is 0 Å². The third-order valence-electron chi connectivity index (χ3n) is 4.60. The molecule has 3 rings (SSSR count). The maximum Gasteiger partial charge on any atom is 0.303 e. The number of nitrogens with zero attached hydrogens (tertiary/aromatic N) is 2. The van der Waals surface area contributed by atoms with Crippen LogP contribution in [0.1, 0.15) is 41.0 Å². The van der Waals surface area contributed by atoms with Crippen molar-refractivity contribution >= 4 is 23.2 Å². The molecule has 1 aromatic heterocycles. The summed E-state index contributed by atoms with van der Waals surface area (Å²) in [6.07, 6.45) is 2.73. The maximum atomic E-state index is 12.9. The summed E-state index contributed by atoms with van der Waals surface area (Å²) in [4.78, 5) is 30.0. The van der Waals surface area contributed by atoms with Crippen molar-refractivity contribution in [2.75, 3.05) is 13.1 Å². The van der Waals surface area contributed by atoms with Gasteiger partial charge in [0.05, 0.1) is 10.7 Å². The van der Waals surface area contributed by atoms with Crippen LogP contribution in [0.4, 0.5) is 0 Å². The van der Waals surface area contributed by atoms with Crippen LogP contribution >= 0.6 is 11.3 Å². The van der Waals surface area contributed by atoms with Crippen molar-refractivity contribution in [3.8, 4) is 11.3 Å². The second-order valence-corrected chi connectivity index (χ2v) is 7.59. The average molecular weight is 358 g/mol. The molecular formula is C19H22N2O3S. The fourth-order valence-electron chi connectivity index (χ4n) is 3.30. The zero-order valence-electron chi connectivity index (χ0n) is 14.3. The number of hydrogen-bond acceptors (Lipinski definition) is 4. The number of benzene rings is 1. The zero-order chi connectivity index (χ0) is 17.8. The van der Waals surface area contributed by atoms with Gasteiger partial charge in [-0.25, -0.2) is 4.98 Å². The van der Waals surface area contributed by atoms with E-state index in [0.717, 1.165) is 35.7 Å². The Balaban J connectivity index is 1.71. The molecule has 132 valence electrons. The summed E-state index contributed by atoms with van der Waals surface area (Å²) in [5.74, 6) is -0.471. The van der Waals surface area contributed by atoms with Crippen molar-refractivity contribution in [2.24, 2.45) is 5.92 Å². The van der Waals surface area contributed by atoms with Gasteiger partial charge in [-0.15, -0.1) is 11.3 Å². The predicted octanol–water partition coefficient (Wildman–Crippen LogP) is 3.84. The first-order chi connectivity index (χ1) is 12.0. The van der Waals surface area contributed by atoms with Crippen LogP contribution in [0.25, 0.3) is 11.3 Å². The Morgan fingerprint density at radius 1 is 1.40 bits per heavy atom. The van der Waals surface area contributed by atoms with Gasteiger partial charge in [-0.05, 0) is 44.2 Å². The first kappa shape index (κ1) is 17.6. The molecule has 1 atom stereocenters. The summed E-state index contributed by atoms with van der Waals surface area (Å²) in [5, 5.41) is 11.9. The molecular weight excluding hydrogens is 336 g/mol. The van der Waals surface area contributed by atoms with Gasteiger partial charge in [0.2, 0.25) is 0 Å². The van der Waals surface area contributed by atoms with Gasteiger partial charge in [0.1, 0.15) is 0 Å². The molecule has 1 saturated heterocycles. The summed E-state index contributed by atoms with van der Waals surface area (Å²) in [5.41, 5.74) is 2.52. The monoisotopic (exact) mass is 358 g/mol. The van der Waals surface area contributed by atoms with Crippen molar-refractivity contribution in [2.45, 2.75) is 32.6 Å². The molecule has 0 aliphatic carbocycles. The average Bonchev–Trinajstić information content (AvgIpc) is 3.06. The third-order valence-corrected chi connectivity index (χ3v) is 5.37. The first-order valence-electron chi connectivity index (χ1n) is 8.56. The molecule has 25 heavy (non-hydrogen) atoms. The van der Waals surface area contributed by atoms with Gasteiger partial charge in [0, 0.05) is 36.0 Å². The molecule has 0 radical (unpaired) electrons. The fraction of sp³-hybridized carbons (Fsp3) is 0.421. The highest BCUT2D eigenvalue weighted by atomic mass is 32.1. The molecule has 0 spiro atoms. The standard InChI is InChI=1S/C19H22N2O3S/c1-13-20-17(12-25-13)15-5-2-6-16(10-15)19(24)21-9-3-4-14(11-21)7-8-18(22)23/h2,5-6,10,12,14H,3-4,7-9,11H2,1H3,(H,22,23). The number of carbonyl (C=O) groups excluding carboxylic acids is 1. The largest absolute Gasteiger partial charge is 0.481 e. The topological polar surface area (TPSA) is 70.5 Å². The molecule has 0 bridgehead atoms. The molecule has 0 saturated carbocycles. The quantitative estimate of drug-likeness (QED) is 0.882. The highest BCUT2D eigenvalue weighted by molar-refractivity contribution is 7.09. The number of piperidine rings is 1. The highest BCUT2D eigenvalue weighted by Crippen LogP contribution is 2.25. The molecule has 1 aliphatic heterocycles. The first-order valence-corrected chi connectivity index (χ1v) is 9.44. The van der Waals surface area contributed by atoms with Crippen molar-refractivity contribution in [1.82, 2.24) is 9.88 Å². The number of aryl methyl sites for hydroxylation is 1. The Morgan fingerprint density at radius 2 is 2.24 bits per heavy atom. The van der Waals surface area contributed by atoms with Crippen molar-refractivity contribution in [3.63, 3.8) is 0 Å². The molecule has 1 unspecified atom stereocenters. The van der Waals surface area contributed by atoms with E-state index in [1.807, 2.05) is 41.5 Å². The lowest BCUT2D eigenvalue weighted by Crippen LogP contribution is -2.40. The molecule has 1 aliphatic rings. The van der Waals surface area contributed by atoms with Crippen LogP contribution in [-0.2, 0) is 4.79 Å². The Labute approximate surface area is 151 Å². The number of aromatic nitrogens is 1. The van der Waals surface area contributed by atoms with Gasteiger partial charge < -0.3 is 10.0 Å². The van der Waals surface area contributed by atoms with Crippen LogP contribution < -0.4 is 0 Å². The summed E-state index contributed by atoms with van der Waals surface area (Å²) in [6, 6.07) is 7.60. The van der Waals surface area contributed by atoms with E-state index in [2.05, 4.69) is 4.98 Å². The number of carbonyl (C=O) groups is 2. The second kappa shape index (κ2) is 7.78. The number of hydrogen-bond donors (Lipinski definition) is 1. The van der Waals surface area contributed by atoms with Crippen LogP contribution in [0.3, 0.4) is 0 Å². The lowest BCUT2D eigenvalue weighted by molar-refractivity contribution is -0.137. The van der Waals surface area contributed by atoms with Crippen molar-refractivity contribution in [1.29, 1.82) is 0 Å². The summed E-state index contributed by atoms with van der Waals surface area (Å²) < 4.78 is 0. The maximum absolute atomic E-state index is 12.9. The van der Waals surface area contributed by atoms with E-state index in [0.29, 0.717) is 18.5 Å². The minimum absolute atomic E-state index is 0.0221. The number of rotatable bonds is 5. The van der Waals surface area contributed by atoms with E-state index in [1.54, 1.807) is 11.3 Å². The lowest BCUT2D eigenvalue weighted by atomic mass is 9.93. The highest BCUT2D eigenvalue weighted by Gasteiger charge is 2.25. The van der Waals surface area contributed by atoms with E-state index >= 15 is 0 Å². The Morgan fingerprint density at radius 3 is 2.96 bits per heavy atom. The van der Waals surface area contributed by atoms with Crippen molar-refractivity contribution < 1.29 is 14.7 Å². The SMILES string of the molecule is Cc1nc(-c2cccc(C(=O)N3CCCC(CCC(=O)O)C3)c2)cs1. The van der Waals surface area contributed by atoms with E-state index in [4.69, 9.17) is 5.11 Å². The lowest BCUT2D eigenvalue weighted by Gasteiger charge is -2.32. The molecule has 1 aromatic carbocycles. The van der Waals surface area contributed by atoms with Crippen LogP contribution in [0.5, 0.6) is 0 Å². The smallest absolute Gasteiger partial charge is 0.303 e. The molecule has 1 fully saturated rings. The van der Waals surface area contributed by atoms with E-state index < -0.39 is 5.97 Å². The number of aliphatic carboxylic acids is 1. The van der Waals surface area contributed by atoms with E-state index in [9.17, 15) is 9.59 Å². The Hall–Kier alpha value is -2.21. The molecule has 1 N–H and O–H groups in total. The Bertz CT molecular complexity index is 772. The predicted molar refractivity (Wildman–Crippen MR) is 97.8 cm³/mol. The second-order valence-electron chi connectivity index (χ2n) is 6.52. The van der Waals surface area contributed by atoms with Crippen LogP contribution in [0.15, 0.2) is 29.6 Å². The third kappa shape index (κ3) is 4.45. The number of carboxylic acid groups (broad SMARTS) is 1. The van der Waals surface area contributed by atoms with E-state index in [-0.39, 0.29) is 18.2 Å². The minimum atomic E-state index is -0.769. The number of carboxylic acids is 1. The van der Waals surface area contributed by atoms with Crippen LogP contribution in [-0.4, -0.2) is 40.0 Å². The van der Waals surface area contributed by atoms with Gasteiger partial charge in [0.25, 0.3) is 5.91 Å². The summed E-state index contributed by atoms with van der Waals surface area (Å²) >= 11 is 1.60. The number of amides is 1. The summed E-state index contributed by atoms with van der Waals surface area (Å²) in [7, 11) is 0. The minimum Gasteiger partial charge on any atom is -0.481 e. The van der Waals surface area contributed by atoms with Gasteiger partial charge >= 0.3 is 5.97 Å². The zero-order valence-corrected chi connectivity index (χ0v) is 15.1. The molecule has 5 nitrogen and oxygen atoms in total. The molecule has 2 aromatic rings. The summed E-state index contributed by atoms with van der Waals surface area (Å²) in [6.45, 7) is 3.35.